The van der Waals surface area contributed by atoms with Gasteiger partial charge < -0.3 is 10.0 Å². The van der Waals surface area contributed by atoms with Gasteiger partial charge in [0.1, 0.15) is 11.4 Å². The molecule has 0 radical (unpaired) electrons. The number of aromatic nitrogens is 2. The molecule has 2 heterocycles. The van der Waals surface area contributed by atoms with Crippen LogP contribution in [-0.2, 0) is 11.8 Å². The van der Waals surface area contributed by atoms with Gasteiger partial charge >= 0.3 is 5.97 Å². The number of carbonyl (C=O) groups excluding carboxylic acids is 1. The highest BCUT2D eigenvalue weighted by molar-refractivity contribution is 7.99. The van der Waals surface area contributed by atoms with Crippen molar-refractivity contribution in [1.82, 2.24) is 14.7 Å². The highest BCUT2D eigenvalue weighted by Gasteiger charge is 2.43. The zero-order chi connectivity index (χ0) is 20.5. The monoisotopic (exact) mass is 427 g/mol. The van der Waals surface area contributed by atoms with E-state index in [9.17, 15) is 14.7 Å². The zero-order valence-electron chi connectivity index (χ0n) is 15.5. The molecule has 1 fully saturated rings. The Hall–Kier alpha value is -2.77. The van der Waals surface area contributed by atoms with Gasteiger partial charge in [0.15, 0.2) is 0 Å². The molecular weight excluding hydrogens is 410 g/mol. The quantitative estimate of drug-likeness (QED) is 0.679. The van der Waals surface area contributed by atoms with Gasteiger partial charge in [0.2, 0.25) is 0 Å². The van der Waals surface area contributed by atoms with E-state index in [4.69, 9.17) is 11.6 Å². The summed E-state index contributed by atoms with van der Waals surface area (Å²) in [7, 11) is 1.85. The van der Waals surface area contributed by atoms with Crippen LogP contribution in [0.2, 0.25) is 5.02 Å². The topological polar surface area (TPSA) is 75.4 Å². The molecule has 4 rings (SSSR count). The van der Waals surface area contributed by atoms with E-state index in [-0.39, 0.29) is 5.91 Å². The van der Waals surface area contributed by atoms with Crippen molar-refractivity contribution in [3.8, 4) is 11.3 Å². The van der Waals surface area contributed by atoms with Crippen LogP contribution in [0.25, 0.3) is 11.3 Å². The second kappa shape index (κ2) is 7.93. The van der Waals surface area contributed by atoms with Crippen molar-refractivity contribution in [2.24, 2.45) is 7.05 Å². The Bertz CT molecular complexity index is 1070. The number of thioether (sulfide) groups is 1. The van der Waals surface area contributed by atoms with Crippen molar-refractivity contribution in [1.29, 1.82) is 0 Å². The molecule has 2 aromatic carbocycles. The van der Waals surface area contributed by atoms with Crippen molar-refractivity contribution >= 4 is 35.2 Å². The standard InChI is InChI=1S/C21H18ClN3O3S/c1-24-17(10-11-23-24)13-6-8-14(9-7-13)19(26)25-18(21(27)28)12-29-20(25)15-4-2-3-5-16(15)22/h2-11,18,20H,12H2,1H3,(H,27,28)/t18-,20+/m0/s1. The molecule has 8 heteroatoms. The van der Waals surface area contributed by atoms with E-state index < -0.39 is 17.4 Å². The number of carboxylic acids is 1. The molecule has 1 N–H and O–H groups in total. The number of halogens is 1. The van der Waals surface area contributed by atoms with E-state index in [0.29, 0.717) is 16.3 Å². The minimum Gasteiger partial charge on any atom is -0.480 e. The van der Waals surface area contributed by atoms with Crippen LogP contribution in [0.3, 0.4) is 0 Å². The molecule has 1 aromatic heterocycles. The second-order valence-corrected chi connectivity index (χ2v) is 8.21. The average molecular weight is 428 g/mol. The largest absolute Gasteiger partial charge is 0.480 e. The smallest absolute Gasteiger partial charge is 0.327 e. The Morgan fingerprint density at radius 3 is 2.48 bits per heavy atom. The molecule has 0 bridgehead atoms. The van der Waals surface area contributed by atoms with Crippen molar-refractivity contribution in [3.63, 3.8) is 0 Å². The normalized spacial score (nSPS) is 18.8. The predicted molar refractivity (Wildman–Crippen MR) is 113 cm³/mol. The van der Waals surface area contributed by atoms with Gasteiger partial charge in [-0.3, -0.25) is 9.48 Å². The van der Waals surface area contributed by atoms with Gasteiger partial charge in [-0.05, 0) is 29.8 Å². The summed E-state index contributed by atoms with van der Waals surface area (Å²) in [4.78, 5) is 26.5. The summed E-state index contributed by atoms with van der Waals surface area (Å²) < 4.78 is 1.75. The Morgan fingerprint density at radius 2 is 1.86 bits per heavy atom. The highest BCUT2D eigenvalue weighted by atomic mass is 35.5. The number of amides is 1. The first kappa shape index (κ1) is 19.5. The molecule has 3 aromatic rings. The lowest BCUT2D eigenvalue weighted by atomic mass is 10.1. The van der Waals surface area contributed by atoms with E-state index in [1.807, 2.05) is 43.4 Å². The van der Waals surface area contributed by atoms with Crippen molar-refractivity contribution in [2.45, 2.75) is 11.4 Å². The van der Waals surface area contributed by atoms with Crippen LogP contribution in [0.1, 0.15) is 21.3 Å². The Balaban J connectivity index is 1.68. The number of benzene rings is 2. The number of aliphatic carboxylic acids is 1. The van der Waals surface area contributed by atoms with Crippen LogP contribution in [-0.4, -0.2) is 43.5 Å². The minimum absolute atomic E-state index is 0.310. The predicted octanol–water partition coefficient (Wildman–Crippen LogP) is 4.08. The molecule has 1 aliphatic heterocycles. The summed E-state index contributed by atoms with van der Waals surface area (Å²) in [5, 5.41) is 13.9. The van der Waals surface area contributed by atoms with Crippen molar-refractivity contribution in [2.75, 3.05) is 5.75 Å². The van der Waals surface area contributed by atoms with Gasteiger partial charge in [0.25, 0.3) is 5.91 Å². The van der Waals surface area contributed by atoms with Crippen LogP contribution in [0.15, 0.2) is 60.8 Å². The lowest BCUT2D eigenvalue weighted by Crippen LogP contribution is -2.43. The average Bonchev–Trinajstić information content (AvgIpc) is 3.34. The molecule has 1 aliphatic rings. The molecule has 0 unspecified atom stereocenters. The molecule has 0 saturated carbocycles. The summed E-state index contributed by atoms with van der Waals surface area (Å²) in [6.07, 6.45) is 1.71. The molecule has 6 nitrogen and oxygen atoms in total. The van der Waals surface area contributed by atoms with Crippen LogP contribution in [0, 0.1) is 0 Å². The van der Waals surface area contributed by atoms with Gasteiger partial charge in [0.05, 0.1) is 5.69 Å². The van der Waals surface area contributed by atoms with Gasteiger partial charge in [-0.2, -0.15) is 5.10 Å². The fourth-order valence-electron chi connectivity index (χ4n) is 3.45. The van der Waals surface area contributed by atoms with E-state index >= 15 is 0 Å². The molecule has 2 atom stereocenters. The summed E-state index contributed by atoms with van der Waals surface area (Å²) in [6, 6.07) is 15.3. The van der Waals surface area contributed by atoms with Gasteiger partial charge in [0, 0.05) is 35.1 Å². The SMILES string of the molecule is Cn1nccc1-c1ccc(C(=O)N2[C@@H](c3ccccc3Cl)SC[C@H]2C(=O)O)cc1. The number of carbonyl (C=O) groups is 2. The molecule has 148 valence electrons. The molecule has 0 spiro atoms. The third-order valence-corrected chi connectivity index (χ3v) is 6.59. The lowest BCUT2D eigenvalue weighted by Gasteiger charge is -2.28. The maximum absolute atomic E-state index is 13.3. The Morgan fingerprint density at radius 1 is 1.14 bits per heavy atom. The summed E-state index contributed by atoms with van der Waals surface area (Å²) in [6.45, 7) is 0. The minimum atomic E-state index is -1.02. The van der Waals surface area contributed by atoms with Gasteiger partial charge in [-0.1, -0.05) is 41.9 Å². The van der Waals surface area contributed by atoms with Crippen LogP contribution in [0.5, 0.6) is 0 Å². The summed E-state index contributed by atoms with van der Waals surface area (Å²) >= 11 is 7.74. The number of hydrogen-bond acceptors (Lipinski definition) is 4. The molecule has 29 heavy (non-hydrogen) atoms. The number of carboxylic acid groups (broad SMARTS) is 1. The van der Waals surface area contributed by atoms with E-state index in [1.54, 1.807) is 29.1 Å². The van der Waals surface area contributed by atoms with Crippen LogP contribution >= 0.6 is 23.4 Å². The fourth-order valence-corrected chi connectivity index (χ4v) is 5.21. The molecular formula is C21H18ClN3O3S. The number of hydrogen-bond donors (Lipinski definition) is 1. The third-order valence-electron chi connectivity index (χ3n) is 4.94. The molecule has 1 amide bonds. The maximum Gasteiger partial charge on any atom is 0.327 e. The number of nitrogens with zero attached hydrogens (tertiary/aromatic N) is 3. The van der Waals surface area contributed by atoms with Crippen LogP contribution < -0.4 is 0 Å². The Kier molecular flexibility index (Phi) is 5.34. The van der Waals surface area contributed by atoms with E-state index in [1.165, 1.54) is 16.7 Å². The lowest BCUT2D eigenvalue weighted by molar-refractivity contribution is -0.141. The Labute approximate surface area is 177 Å². The number of aryl methyl sites for hydroxylation is 1. The first-order valence-electron chi connectivity index (χ1n) is 8.97. The van der Waals surface area contributed by atoms with Gasteiger partial charge in [-0.25, -0.2) is 4.79 Å². The number of rotatable bonds is 4. The van der Waals surface area contributed by atoms with Gasteiger partial charge in [-0.15, -0.1) is 11.8 Å². The van der Waals surface area contributed by atoms with E-state index in [0.717, 1.165) is 16.8 Å². The fraction of sp³-hybridized carbons (Fsp3) is 0.190. The second-order valence-electron chi connectivity index (χ2n) is 6.69. The molecule has 0 aliphatic carbocycles. The third kappa shape index (κ3) is 3.63. The first-order chi connectivity index (χ1) is 14.0. The zero-order valence-corrected chi connectivity index (χ0v) is 17.1. The summed E-state index contributed by atoms with van der Waals surface area (Å²) in [5.74, 6) is -1.04. The van der Waals surface area contributed by atoms with E-state index in [2.05, 4.69) is 5.10 Å². The van der Waals surface area contributed by atoms with Crippen molar-refractivity contribution in [3.05, 3.63) is 76.9 Å². The first-order valence-corrected chi connectivity index (χ1v) is 10.4. The highest BCUT2D eigenvalue weighted by Crippen LogP contribution is 2.44. The summed E-state index contributed by atoms with van der Waals surface area (Å²) in [5.41, 5.74) is 3.03. The molecule has 1 saturated heterocycles. The van der Waals surface area contributed by atoms with Crippen LogP contribution in [0.4, 0.5) is 0 Å². The maximum atomic E-state index is 13.3. The van der Waals surface area contributed by atoms with Crippen molar-refractivity contribution < 1.29 is 14.7 Å².